The summed E-state index contributed by atoms with van der Waals surface area (Å²) in [5.41, 5.74) is 5.69. The molecule has 1 amide bonds. The maximum atomic E-state index is 11.8. The highest BCUT2D eigenvalue weighted by molar-refractivity contribution is 5.76. The van der Waals surface area contributed by atoms with E-state index in [-0.39, 0.29) is 31.1 Å². The fourth-order valence-electron chi connectivity index (χ4n) is 1.73. The van der Waals surface area contributed by atoms with Crippen LogP contribution >= 0.6 is 0 Å². The summed E-state index contributed by atoms with van der Waals surface area (Å²) in [6.07, 6.45) is -4.65. The van der Waals surface area contributed by atoms with Gasteiger partial charge in [-0.1, -0.05) is 0 Å². The van der Waals surface area contributed by atoms with Gasteiger partial charge >= 0.3 is 6.18 Å². The van der Waals surface area contributed by atoms with Crippen molar-refractivity contribution in [2.24, 2.45) is 5.73 Å². The number of halogens is 3. The minimum absolute atomic E-state index is 0.0677. The second-order valence-corrected chi connectivity index (χ2v) is 4.53. The molecule has 5 nitrogen and oxygen atoms in total. The van der Waals surface area contributed by atoms with Gasteiger partial charge in [-0.2, -0.15) is 13.2 Å². The van der Waals surface area contributed by atoms with Crippen LogP contribution in [0, 0.1) is 0 Å². The average molecular weight is 284 g/mol. The molecule has 8 heteroatoms. The number of ether oxygens (including phenoxy) is 2. The molecule has 2 unspecified atom stereocenters. The van der Waals surface area contributed by atoms with Gasteiger partial charge in [0, 0.05) is 19.1 Å². The van der Waals surface area contributed by atoms with Crippen LogP contribution in [0.3, 0.4) is 0 Å². The van der Waals surface area contributed by atoms with Gasteiger partial charge < -0.3 is 20.1 Å². The van der Waals surface area contributed by atoms with Crippen LogP contribution in [0.25, 0.3) is 0 Å². The van der Waals surface area contributed by atoms with Crippen molar-refractivity contribution >= 4 is 5.91 Å². The molecule has 1 aliphatic heterocycles. The van der Waals surface area contributed by atoms with Crippen LogP contribution in [0.2, 0.25) is 0 Å². The number of amides is 1. The van der Waals surface area contributed by atoms with Crippen molar-refractivity contribution in [1.82, 2.24) is 4.90 Å². The fraction of sp³-hybridized carbons (Fsp3) is 0.909. The molecule has 1 heterocycles. The van der Waals surface area contributed by atoms with E-state index in [1.54, 1.807) is 11.8 Å². The smallest absolute Gasteiger partial charge is 0.373 e. The van der Waals surface area contributed by atoms with Crippen LogP contribution in [0.5, 0.6) is 0 Å². The van der Waals surface area contributed by atoms with E-state index in [4.69, 9.17) is 10.5 Å². The second-order valence-electron chi connectivity index (χ2n) is 4.53. The SMILES string of the molecule is CC(N)C1CN(C(=O)CCOCC(F)(F)F)CCO1. The van der Waals surface area contributed by atoms with Crippen molar-refractivity contribution in [2.45, 2.75) is 31.7 Å². The zero-order valence-corrected chi connectivity index (χ0v) is 10.8. The molecule has 19 heavy (non-hydrogen) atoms. The number of hydrogen-bond donors (Lipinski definition) is 1. The Hall–Kier alpha value is -0.860. The van der Waals surface area contributed by atoms with E-state index in [0.29, 0.717) is 19.7 Å². The molecule has 1 fully saturated rings. The molecule has 0 aromatic carbocycles. The van der Waals surface area contributed by atoms with Crippen molar-refractivity contribution in [3.05, 3.63) is 0 Å². The van der Waals surface area contributed by atoms with E-state index in [0.717, 1.165) is 0 Å². The number of alkyl halides is 3. The predicted molar refractivity (Wildman–Crippen MR) is 61.5 cm³/mol. The molecule has 0 aromatic heterocycles. The molecule has 112 valence electrons. The fourth-order valence-corrected chi connectivity index (χ4v) is 1.73. The highest BCUT2D eigenvalue weighted by Gasteiger charge is 2.28. The number of rotatable bonds is 5. The van der Waals surface area contributed by atoms with Gasteiger partial charge in [-0.25, -0.2) is 0 Å². The van der Waals surface area contributed by atoms with Crippen LogP contribution < -0.4 is 5.73 Å². The Morgan fingerprint density at radius 1 is 1.58 bits per heavy atom. The molecule has 0 bridgehead atoms. The van der Waals surface area contributed by atoms with Gasteiger partial charge in [0.1, 0.15) is 6.61 Å². The summed E-state index contributed by atoms with van der Waals surface area (Å²) in [6, 6.07) is -0.197. The van der Waals surface area contributed by atoms with E-state index in [1.165, 1.54) is 0 Å². The summed E-state index contributed by atoms with van der Waals surface area (Å²) in [6.45, 7) is 1.41. The van der Waals surface area contributed by atoms with Gasteiger partial charge in [-0.05, 0) is 6.92 Å². The van der Waals surface area contributed by atoms with E-state index in [2.05, 4.69) is 4.74 Å². The summed E-state index contributed by atoms with van der Waals surface area (Å²) < 4.78 is 45.3. The quantitative estimate of drug-likeness (QED) is 0.748. The molecule has 0 saturated carbocycles. The number of carbonyl (C=O) groups excluding carboxylic acids is 1. The van der Waals surface area contributed by atoms with E-state index < -0.39 is 12.8 Å². The second kappa shape index (κ2) is 7.06. The molecule has 2 N–H and O–H groups in total. The van der Waals surface area contributed by atoms with E-state index >= 15 is 0 Å². The van der Waals surface area contributed by atoms with Crippen LogP contribution in [-0.4, -0.2) is 62.0 Å². The Morgan fingerprint density at radius 2 is 2.26 bits per heavy atom. The summed E-state index contributed by atoms with van der Waals surface area (Å²) >= 11 is 0. The summed E-state index contributed by atoms with van der Waals surface area (Å²) in [5.74, 6) is -0.240. The lowest BCUT2D eigenvalue weighted by Gasteiger charge is -2.34. The van der Waals surface area contributed by atoms with Crippen molar-refractivity contribution in [3.8, 4) is 0 Å². The van der Waals surface area contributed by atoms with Crippen LogP contribution in [0.1, 0.15) is 13.3 Å². The number of hydrogen-bond acceptors (Lipinski definition) is 4. The van der Waals surface area contributed by atoms with E-state index in [1.807, 2.05) is 0 Å². The van der Waals surface area contributed by atoms with Gasteiger partial charge in [0.15, 0.2) is 0 Å². The minimum Gasteiger partial charge on any atom is -0.373 e. The zero-order valence-electron chi connectivity index (χ0n) is 10.8. The van der Waals surface area contributed by atoms with Gasteiger partial charge in [0.25, 0.3) is 0 Å². The Labute approximate surface area is 109 Å². The third-order valence-electron chi connectivity index (χ3n) is 2.76. The average Bonchev–Trinajstić information content (AvgIpc) is 2.33. The van der Waals surface area contributed by atoms with E-state index in [9.17, 15) is 18.0 Å². The maximum Gasteiger partial charge on any atom is 0.411 e. The third-order valence-corrected chi connectivity index (χ3v) is 2.76. The lowest BCUT2D eigenvalue weighted by atomic mass is 10.1. The minimum atomic E-state index is -4.36. The molecule has 0 radical (unpaired) electrons. The normalized spacial score (nSPS) is 22.4. The topological polar surface area (TPSA) is 64.8 Å². The standard InChI is InChI=1S/C11H19F3N2O3/c1-8(15)9-6-16(3-5-19-9)10(17)2-4-18-7-11(12,13)14/h8-9H,2-7,15H2,1H3. The van der Waals surface area contributed by atoms with Crippen LogP contribution in [0.15, 0.2) is 0 Å². The predicted octanol–water partition coefficient (Wildman–Crippen LogP) is 0.530. The summed E-state index contributed by atoms with van der Waals surface area (Å²) in [4.78, 5) is 13.3. The Kier molecular flexibility index (Phi) is 6.02. The van der Waals surface area contributed by atoms with Crippen LogP contribution in [-0.2, 0) is 14.3 Å². The first kappa shape index (κ1) is 16.2. The van der Waals surface area contributed by atoms with Gasteiger partial charge in [0.05, 0.1) is 25.7 Å². The highest BCUT2D eigenvalue weighted by Crippen LogP contribution is 2.14. The Bertz CT molecular complexity index is 297. The number of morpholine rings is 1. The number of nitrogens with zero attached hydrogens (tertiary/aromatic N) is 1. The zero-order chi connectivity index (χ0) is 14.5. The van der Waals surface area contributed by atoms with Crippen molar-refractivity contribution in [2.75, 3.05) is 32.9 Å². The van der Waals surface area contributed by atoms with Gasteiger partial charge in [-0.15, -0.1) is 0 Å². The van der Waals surface area contributed by atoms with Gasteiger partial charge in [-0.3, -0.25) is 4.79 Å². The molecule has 1 saturated heterocycles. The summed E-state index contributed by atoms with van der Waals surface area (Å²) in [5, 5.41) is 0. The first-order chi connectivity index (χ1) is 8.79. The molecule has 0 aromatic rings. The Balaban J connectivity index is 2.25. The summed E-state index contributed by atoms with van der Waals surface area (Å²) in [7, 11) is 0. The first-order valence-electron chi connectivity index (χ1n) is 6.09. The monoisotopic (exact) mass is 284 g/mol. The lowest BCUT2D eigenvalue weighted by molar-refractivity contribution is -0.175. The maximum absolute atomic E-state index is 11.8. The molecule has 1 aliphatic rings. The highest BCUT2D eigenvalue weighted by atomic mass is 19.4. The molecular weight excluding hydrogens is 265 g/mol. The molecule has 1 rings (SSSR count). The lowest BCUT2D eigenvalue weighted by Crippen LogP contribution is -2.51. The molecule has 2 atom stereocenters. The van der Waals surface area contributed by atoms with Crippen molar-refractivity contribution in [3.63, 3.8) is 0 Å². The van der Waals surface area contributed by atoms with Gasteiger partial charge in [0.2, 0.25) is 5.91 Å². The number of nitrogens with two attached hydrogens (primary N) is 1. The van der Waals surface area contributed by atoms with Crippen LogP contribution in [0.4, 0.5) is 13.2 Å². The largest absolute Gasteiger partial charge is 0.411 e. The first-order valence-corrected chi connectivity index (χ1v) is 6.09. The molecule has 0 spiro atoms. The van der Waals surface area contributed by atoms with Crippen molar-refractivity contribution < 1.29 is 27.4 Å². The third kappa shape index (κ3) is 6.22. The molecular formula is C11H19F3N2O3. The molecule has 0 aliphatic carbocycles. The Morgan fingerprint density at radius 3 is 2.84 bits per heavy atom. The number of carbonyl (C=O) groups is 1. The van der Waals surface area contributed by atoms with Crippen molar-refractivity contribution in [1.29, 1.82) is 0 Å².